The average molecular weight is 351 g/mol. The third kappa shape index (κ3) is 3.11. The highest BCUT2D eigenvalue weighted by Gasteiger charge is 2.28. The van der Waals surface area contributed by atoms with Gasteiger partial charge in [-0.1, -0.05) is 19.1 Å². The number of rotatable bonds is 4. The highest BCUT2D eigenvalue weighted by molar-refractivity contribution is 5.95. The SMILES string of the molecule is CCCn1cc(C(=O)N2CCC[C@H](c3nc4ccccc4[nH]3)C2)c(C)n1. The van der Waals surface area contributed by atoms with E-state index in [1.165, 1.54) is 0 Å². The number of aromatic amines is 1. The number of carbonyl (C=O) groups is 1. The molecule has 0 unspecified atom stereocenters. The Morgan fingerprint density at radius 2 is 2.19 bits per heavy atom. The van der Waals surface area contributed by atoms with Crippen LogP contribution in [-0.2, 0) is 6.54 Å². The first-order chi connectivity index (χ1) is 12.7. The first kappa shape index (κ1) is 16.8. The van der Waals surface area contributed by atoms with Crippen LogP contribution in [0.2, 0.25) is 0 Å². The molecule has 4 rings (SSSR count). The maximum absolute atomic E-state index is 13.0. The van der Waals surface area contributed by atoms with E-state index in [0.717, 1.165) is 60.5 Å². The lowest BCUT2D eigenvalue weighted by molar-refractivity contribution is 0.0704. The fraction of sp³-hybridized carbons (Fsp3) is 0.450. The molecular formula is C20H25N5O. The van der Waals surface area contributed by atoms with Gasteiger partial charge < -0.3 is 9.88 Å². The number of piperidine rings is 1. The molecule has 1 N–H and O–H groups in total. The number of hydrogen-bond donors (Lipinski definition) is 1. The van der Waals surface area contributed by atoms with Crippen molar-refractivity contribution >= 4 is 16.9 Å². The van der Waals surface area contributed by atoms with Gasteiger partial charge in [0.2, 0.25) is 0 Å². The molecule has 1 aromatic carbocycles. The van der Waals surface area contributed by atoms with E-state index in [1.54, 1.807) is 0 Å². The number of para-hydroxylation sites is 2. The van der Waals surface area contributed by atoms with Crippen molar-refractivity contribution < 1.29 is 4.79 Å². The van der Waals surface area contributed by atoms with Crippen LogP contribution in [0.15, 0.2) is 30.5 Å². The normalized spacial score (nSPS) is 17.8. The fourth-order valence-electron chi connectivity index (χ4n) is 3.79. The largest absolute Gasteiger partial charge is 0.342 e. The lowest BCUT2D eigenvalue weighted by Crippen LogP contribution is -2.39. The molecule has 2 aromatic heterocycles. The van der Waals surface area contributed by atoms with Crippen LogP contribution in [-0.4, -0.2) is 43.6 Å². The van der Waals surface area contributed by atoms with Gasteiger partial charge in [0.1, 0.15) is 5.82 Å². The van der Waals surface area contributed by atoms with E-state index < -0.39 is 0 Å². The number of imidazole rings is 1. The molecule has 0 aliphatic carbocycles. The Morgan fingerprint density at radius 3 is 3.00 bits per heavy atom. The zero-order valence-electron chi connectivity index (χ0n) is 15.4. The molecule has 136 valence electrons. The van der Waals surface area contributed by atoms with Crippen LogP contribution < -0.4 is 0 Å². The fourth-order valence-corrected chi connectivity index (χ4v) is 3.79. The molecule has 3 aromatic rings. The summed E-state index contributed by atoms with van der Waals surface area (Å²) in [5, 5.41) is 4.47. The van der Waals surface area contributed by atoms with Crippen LogP contribution in [0, 0.1) is 6.92 Å². The van der Waals surface area contributed by atoms with Crippen molar-refractivity contribution in [1.29, 1.82) is 0 Å². The topological polar surface area (TPSA) is 66.8 Å². The van der Waals surface area contributed by atoms with Crippen molar-refractivity contribution in [3.8, 4) is 0 Å². The summed E-state index contributed by atoms with van der Waals surface area (Å²) in [7, 11) is 0. The standard InChI is InChI=1S/C20H25N5O/c1-3-10-25-13-16(14(2)23-25)20(26)24-11-6-7-15(12-24)19-21-17-8-4-5-9-18(17)22-19/h4-5,8-9,13,15H,3,6-7,10-12H2,1-2H3,(H,21,22)/t15-/m0/s1. The smallest absolute Gasteiger partial charge is 0.257 e. The van der Waals surface area contributed by atoms with Crippen molar-refractivity contribution in [3.63, 3.8) is 0 Å². The van der Waals surface area contributed by atoms with Gasteiger partial charge in [0, 0.05) is 31.7 Å². The molecule has 0 spiro atoms. The number of aryl methyl sites for hydroxylation is 2. The molecule has 26 heavy (non-hydrogen) atoms. The van der Waals surface area contributed by atoms with Gasteiger partial charge in [-0.15, -0.1) is 0 Å². The molecule has 1 atom stereocenters. The summed E-state index contributed by atoms with van der Waals surface area (Å²) in [6.07, 6.45) is 4.95. The molecule has 1 saturated heterocycles. The summed E-state index contributed by atoms with van der Waals surface area (Å²) in [5.41, 5.74) is 3.59. The minimum Gasteiger partial charge on any atom is -0.342 e. The van der Waals surface area contributed by atoms with E-state index in [1.807, 2.05) is 47.0 Å². The minimum atomic E-state index is 0.0886. The Labute approximate surface area is 153 Å². The number of H-pyrrole nitrogens is 1. The molecule has 3 heterocycles. The Balaban J connectivity index is 1.53. The Kier molecular flexibility index (Phi) is 4.49. The number of fused-ring (bicyclic) bond motifs is 1. The lowest BCUT2D eigenvalue weighted by Gasteiger charge is -2.31. The Morgan fingerprint density at radius 1 is 1.35 bits per heavy atom. The third-order valence-electron chi connectivity index (χ3n) is 5.13. The summed E-state index contributed by atoms with van der Waals surface area (Å²) in [6, 6.07) is 8.08. The zero-order chi connectivity index (χ0) is 18.1. The minimum absolute atomic E-state index is 0.0886. The van der Waals surface area contributed by atoms with E-state index >= 15 is 0 Å². The van der Waals surface area contributed by atoms with Gasteiger partial charge in [0.25, 0.3) is 5.91 Å². The van der Waals surface area contributed by atoms with Crippen molar-refractivity contribution in [3.05, 3.63) is 47.5 Å². The van der Waals surface area contributed by atoms with E-state index in [0.29, 0.717) is 6.54 Å². The lowest BCUT2D eigenvalue weighted by atomic mass is 9.97. The van der Waals surface area contributed by atoms with Crippen molar-refractivity contribution in [1.82, 2.24) is 24.6 Å². The number of carbonyl (C=O) groups excluding carboxylic acids is 1. The van der Waals surface area contributed by atoms with Crippen LogP contribution in [0.1, 0.15) is 54.0 Å². The van der Waals surface area contributed by atoms with Crippen LogP contribution in [0.5, 0.6) is 0 Å². The molecule has 1 amide bonds. The summed E-state index contributed by atoms with van der Waals surface area (Å²) in [4.78, 5) is 23.2. The van der Waals surface area contributed by atoms with E-state index in [4.69, 9.17) is 4.98 Å². The van der Waals surface area contributed by atoms with Gasteiger partial charge in [-0.25, -0.2) is 4.98 Å². The van der Waals surface area contributed by atoms with Gasteiger partial charge in [0.05, 0.1) is 22.3 Å². The van der Waals surface area contributed by atoms with Crippen molar-refractivity contribution in [2.24, 2.45) is 0 Å². The first-order valence-electron chi connectivity index (χ1n) is 9.43. The summed E-state index contributed by atoms with van der Waals surface area (Å²) < 4.78 is 1.88. The maximum Gasteiger partial charge on any atom is 0.257 e. The van der Waals surface area contributed by atoms with Crippen LogP contribution in [0.25, 0.3) is 11.0 Å². The molecule has 0 radical (unpaired) electrons. The number of likely N-dealkylation sites (tertiary alicyclic amines) is 1. The summed E-state index contributed by atoms with van der Waals surface area (Å²) in [5.74, 6) is 1.33. The first-order valence-corrected chi connectivity index (χ1v) is 9.43. The molecule has 1 aliphatic heterocycles. The third-order valence-corrected chi connectivity index (χ3v) is 5.13. The number of amides is 1. The number of hydrogen-bond acceptors (Lipinski definition) is 3. The zero-order valence-corrected chi connectivity index (χ0v) is 15.4. The highest BCUT2D eigenvalue weighted by atomic mass is 16.2. The predicted molar refractivity (Wildman–Crippen MR) is 101 cm³/mol. The van der Waals surface area contributed by atoms with Gasteiger partial charge in [-0.3, -0.25) is 9.48 Å². The monoisotopic (exact) mass is 351 g/mol. The molecule has 6 heteroatoms. The van der Waals surface area contributed by atoms with Gasteiger partial charge in [-0.05, 0) is 38.3 Å². The van der Waals surface area contributed by atoms with E-state index in [9.17, 15) is 4.79 Å². The Bertz CT molecular complexity index is 892. The number of nitrogens with zero attached hydrogens (tertiary/aromatic N) is 4. The second-order valence-corrected chi connectivity index (χ2v) is 7.12. The van der Waals surface area contributed by atoms with Crippen molar-refractivity contribution in [2.75, 3.05) is 13.1 Å². The molecule has 1 fully saturated rings. The van der Waals surface area contributed by atoms with Crippen LogP contribution >= 0.6 is 0 Å². The van der Waals surface area contributed by atoms with Gasteiger partial charge >= 0.3 is 0 Å². The average Bonchev–Trinajstić information content (AvgIpc) is 3.25. The van der Waals surface area contributed by atoms with Crippen molar-refractivity contribution in [2.45, 2.75) is 45.6 Å². The Hall–Kier alpha value is -2.63. The van der Waals surface area contributed by atoms with Crippen LogP contribution in [0.3, 0.4) is 0 Å². The molecule has 0 bridgehead atoms. The number of nitrogens with one attached hydrogen (secondary N) is 1. The molecule has 1 aliphatic rings. The van der Waals surface area contributed by atoms with Gasteiger partial charge in [-0.2, -0.15) is 5.10 Å². The molecular weight excluding hydrogens is 326 g/mol. The number of benzene rings is 1. The summed E-state index contributed by atoms with van der Waals surface area (Å²) >= 11 is 0. The molecule has 0 saturated carbocycles. The molecule has 6 nitrogen and oxygen atoms in total. The van der Waals surface area contributed by atoms with Gasteiger partial charge in [0.15, 0.2) is 0 Å². The van der Waals surface area contributed by atoms with Crippen LogP contribution in [0.4, 0.5) is 0 Å². The maximum atomic E-state index is 13.0. The second kappa shape index (κ2) is 6.94. The van der Waals surface area contributed by atoms with E-state index in [2.05, 4.69) is 17.0 Å². The van der Waals surface area contributed by atoms with E-state index in [-0.39, 0.29) is 11.8 Å². The quantitative estimate of drug-likeness (QED) is 0.782. The second-order valence-electron chi connectivity index (χ2n) is 7.12. The predicted octanol–water partition coefficient (Wildman–Crippen LogP) is 3.50. The number of aromatic nitrogens is 4. The summed E-state index contributed by atoms with van der Waals surface area (Å²) in [6.45, 7) is 6.38. The highest BCUT2D eigenvalue weighted by Crippen LogP contribution is 2.28.